The second kappa shape index (κ2) is 4.66. The van der Waals surface area contributed by atoms with E-state index in [9.17, 15) is 0 Å². The van der Waals surface area contributed by atoms with Crippen LogP contribution in [-0.2, 0) is 4.74 Å². The number of nitrogens with zero attached hydrogens (tertiary/aromatic N) is 5. The molecule has 6 nitrogen and oxygen atoms in total. The molecule has 2 aromatic rings. The molecule has 1 aliphatic heterocycles. The lowest BCUT2D eigenvalue weighted by molar-refractivity contribution is -0.0442. The van der Waals surface area contributed by atoms with Crippen molar-refractivity contribution in [2.75, 3.05) is 24.6 Å². The number of rotatable bonds is 3. The third-order valence-corrected chi connectivity index (χ3v) is 4.66. The Balaban J connectivity index is 1.73. The predicted octanol–water partition coefficient (Wildman–Crippen LogP) is 2.01. The van der Waals surface area contributed by atoms with Crippen molar-refractivity contribution in [2.24, 2.45) is 0 Å². The van der Waals surface area contributed by atoms with Gasteiger partial charge in [0.05, 0.1) is 12.2 Å². The lowest BCUT2D eigenvalue weighted by Crippen LogP contribution is -2.50. The summed E-state index contributed by atoms with van der Waals surface area (Å²) in [7, 11) is 0. The van der Waals surface area contributed by atoms with E-state index >= 15 is 0 Å². The van der Waals surface area contributed by atoms with Gasteiger partial charge in [0.15, 0.2) is 5.82 Å². The summed E-state index contributed by atoms with van der Waals surface area (Å²) in [6.07, 6.45) is 7.28. The summed E-state index contributed by atoms with van der Waals surface area (Å²) >= 11 is 0. The molecule has 0 amide bonds. The van der Waals surface area contributed by atoms with Gasteiger partial charge in [-0.05, 0) is 26.2 Å². The van der Waals surface area contributed by atoms with E-state index in [4.69, 9.17) is 4.74 Å². The van der Waals surface area contributed by atoms with Gasteiger partial charge < -0.3 is 9.64 Å². The van der Waals surface area contributed by atoms with Gasteiger partial charge in [-0.25, -0.2) is 4.98 Å². The first-order valence-electron chi connectivity index (χ1n) is 7.79. The van der Waals surface area contributed by atoms with Gasteiger partial charge in [-0.1, -0.05) is 6.92 Å². The zero-order chi connectivity index (χ0) is 14.4. The molecular weight excluding hydrogens is 266 g/mol. The Labute approximate surface area is 124 Å². The van der Waals surface area contributed by atoms with Crippen LogP contribution in [0.3, 0.4) is 0 Å². The first-order chi connectivity index (χ1) is 10.2. The summed E-state index contributed by atoms with van der Waals surface area (Å²) < 4.78 is 8.03. The molecule has 112 valence electrons. The number of anilines is 1. The highest BCUT2D eigenvalue weighted by Crippen LogP contribution is 2.39. The maximum absolute atomic E-state index is 5.92. The summed E-state index contributed by atoms with van der Waals surface area (Å²) in [4.78, 5) is 6.86. The Morgan fingerprint density at radius 1 is 1.38 bits per heavy atom. The number of hydrogen-bond acceptors (Lipinski definition) is 5. The average molecular weight is 287 g/mol. The molecule has 1 atom stereocenters. The van der Waals surface area contributed by atoms with Crippen LogP contribution in [0.15, 0.2) is 12.4 Å². The van der Waals surface area contributed by atoms with E-state index in [0.29, 0.717) is 5.92 Å². The molecular formula is C15H21N5O. The lowest BCUT2D eigenvalue weighted by atomic mass is 10.0. The minimum Gasteiger partial charge on any atom is -0.372 e. The maximum atomic E-state index is 5.92. The molecule has 0 aromatic carbocycles. The standard InChI is InChI=1S/C15H21N5O/c1-3-15(2)10-19(8-9-21-15)13-14-18-17-12(11-4-5-11)20(14)7-6-16-13/h6-7,11H,3-5,8-10H2,1-2H3. The topological polar surface area (TPSA) is 55.6 Å². The van der Waals surface area contributed by atoms with Crippen molar-refractivity contribution < 1.29 is 4.74 Å². The van der Waals surface area contributed by atoms with Gasteiger partial charge in [-0.15, -0.1) is 10.2 Å². The zero-order valence-corrected chi connectivity index (χ0v) is 12.6. The van der Waals surface area contributed by atoms with Gasteiger partial charge >= 0.3 is 0 Å². The quantitative estimate of drug-likeness (QED) is 0.864. The average Bonchev–Trinajstić information content (AvgIpc) is 3.26. The first-order valence-corrected chi connectivity index (χ1v) is 7.79. The van der Waals surface area contributed by atoms with Crippen LogP contribution in [0.4, 0.5) is 5.82 Å². The Bertz CT molecular complexity index is 665. The van der Waals surface area contributed by atoms with Crippen molar-refractivity contribution in [3.63, 3.8) is 0 Å². The number of aromatic nitrogens is 4. The summed E-state index contributed by atoms with van der Waals surface area (Å²) in [6.45, 7) is 6.77. The third kappa shape index (κ3) is 2.18. The summed E-state index contributed by atoms with van der Waals surface area (Å²) in [6, 6.07) is 0. The van der Waals surface area contributed by atoms with Crippen LogP contribution >= 0.6 is 0 Å². The van der Waals surface area contributed by atoms with Crippen molar-refractivity contribution in [3.8, 4) is 0 Å². The van der Waals surface area contributed by atoms with Gasteiger partial charge in [0.2, 0.25) is 5.65 Å². The van der Waals surface area contributed by atoms with Gasteiger partial charge in [0.1, 0.15) is 5.82 Å². The van der Waals surface area contributed by atoms with E-state index < -0.39 is 0 Å². The molecule has 0 bridgehead atoms. The molecule has 1 saturated carbocycles. The molecule has 2 aliphatic rings. The van der Waals surface area contributed by atoms with Gasteiger partial charge in [0, 0.05) is 31.4 Å². The van der Waals surface area contributed by atoms with Crippen molar-refractivity contribution in [2.45, 2.75) is 44.6 Å². The second-order valence-corrected chi connectivity index (χ2v) is 6.35. The number of morpholine rings is 1. The van der Waals surface area contributed by atoms with E-state index in [1.54, 1.807) is 0 Å². The van der Waals surface area contributed by atoms with Crippen molar-refractivity contribution in [1.29, 1.82) is 0 Å². The van der Waals surface area contributed by atoms with E-state index in [0.717, 1.165) is 43.4 Å². The Morgan fingerprint density at radius 2 is 2.24 bits per heavy atom. The molecule has 0 N–H and O–H groups in total. The van der Waals surface area contributed by atoms with Crippen molar-refractivity contribution in [1.82, 2.24) is 19.6 Å². The molecule has 6 heteroatoms. The fraction of sp³-hybridized carbons (Fsp3) is 0.667. The van der Waals surface area contributed by atoms with Crippen LogP contribution in [0, 0.1) is 0 Å². The lowest BCUT2D eigenvalue weighted by Gasteiger charge is -2.40. The SMILES string of the molecule is CCC1(C)CN(c2nccn3c(C4CC4)nnc23)CCO1. The monoisotopic (exact) mass is 287 g/mol. The summed E-state index contributed by atoms with van der Waals surface area (Å²) in [5.74, 6) is 2.60. The fourth-order valence-corrected chi connectivity index (χ4v) is 3.00. The molecule has 21 heavy (non-hydrogen) atoms. The summed E-state index contributed by atoms with van der Waals surface area (Å²) in [5.41, 5.74) is 0.770. The highest BCUT2D eigenvalue weighted by Gasteiger charge is 2.33. The molecule has 4 rings (SSSR count). The van der Waals surface area contributed by atoms with E-state index in [2.05, 4.69) is 38.3 Å². The van der Waals surface area contributed by atoms with E-state index in [1.165, 1.54) is 12.8 Å². The Hall–Kier alpha value is -1.69. The second-order valence-electron chi connectivity index (χ2n) is 6.35. The molecule has 0 spiro atoms. The Kier molecular flexibility index (Phi) is 2.89. The highest BCUT2D eigenvalue weighted by molar-refractivity contribution is 5.64. The largest absolute Gasteiger partial charge is 0.372 e. The number of hydrogen-bond donors (Lipinski definition) is 0. The molecule has 2 fully saturated rings. The fourth-order valence-electron chi connectivity index (χ4n) is 3.00. The van der Waals surface area contributed by atoms with Crippen LogP contribution < -0.4 is 4.90 Å². The third-order valence-electron chi connectivity index (χ3n) is 4.66. The number of fused-ring (bicyclic) bond motifs is 1. The van der Waals surface area contributed by atoms with Crippen molar-refractivity contribution >= 4 is 11.5 Å². The Morgan fingerprint density at radius 3 is 3.00 bits per heavy atom. The van der Waals surface area contributed by atoms with Crippen LogP contribution in [0.25, 0.3) is 5.65 Å². The molecule has 1 saturated heterocycles. The zero-order valence-electron chi connectivity index (χ0n) is 12.6. The highest BCUT2D eigenvalue weighted by atomic mass is 16.5. The van der Waals surface area contributed by atoms with Crippen LogP contribution in [0.2, 0.25) is 0 Å². The molecule has 2 aromatic heterocycles. The summed E-state index contributed by atoms with van der Waals surface area (Å²) in [5, 5.41) is 8.78. The van der Waals surface area contributed by atoms with E-state index in [1.807, 2.05) is 12.4 Å². The molecule has 0 radical (unpaired) electrons. The van der Waals surface area contributed by atoms with Gasteiger partial charge in [-0.3, -0.25) is 4.40 Å². The predicted molar refractivity (Wildman–Crippen MR) is 79.6 cm³/mol. The van der Waals surface area contributed by atoms with Gasteiger partial charge in [0.25, 0.3) is 0 Å². The van der Waals surface area contributed by atoms with Crippen molar-refractivity contribution in [3.05, 3.63) is 18.2 Å². The first kappa shape index (κ1) is 13.0. The normalized spacial score (nSPS) is 26.5. The van der Waals surface area contributed by atoms with Crippen LogP contribution in [0.1, 0.15) is 44.9 Å². The number of ether oxygens (including phenoxy) is 1. The van der Waals surface area contributed by atoms with Crippen LogP contribution in [-0.4, -0.2) is 44.9 Å². The molecule has 1 unspecified atom stereocenters. The minimum atomic E-state index is -0.105. The molecule has 1 aliphatic carbocycles. The van der Waals surface area contributed by atoms with E-state index in [-0.39, 0.29) is 5.60 Å². The minimum absolute atomic E-state index is 0.105. The molecule has 3 heterocycles. The van der Waals surface area contributed by atoms with Gasteiger partial charge in [-0.2, -0.15) is 0 Å². The van der Waals surface area contributed by atoms with Crippen LogP contribution in [0.5, 0.6) is 0 Å². The maximum Gasteiger partial charge on any atom is 0.203 e. The smallest absolute Gasteiger partial charge is 0.203 e.